The van der Waals surface area contributed by atoms with Gasteiger partial charge in [0.25, 0.3) is 0 Å². The fraction of sp³-hybridized carbons (Fsp3) is 0.538. The summed E-state index contributed by atoms with van der Waals surface area (Å²) in [6, 6.07) is 3.83. The number of hydrogen-bond acceptors (Lipinski definition) is 2. The standard InChI is InChI=1S/C9H6F4O2.2C2H6/c1-5-2-3-6-7(4-5)15-9(12,13)8(10,11)14-6;2*1-2/h2-4H,1H3;2*1-2H3. The molecule has 0 atom stereocenters. The Balaban J connectivity index is 0.000000741. The van der Waals surface area contributed by atoms with Crippen LogP contribution in [0.15, 0.2) is 18.2 Å². The lowest BCUT2D eigenvalue weighted by atomic mass is 10.2. The van der Waals surface area contributed by atoms with Crippen LogP contribution in [-0.2, 0) is 0 Å². The molecule has 1 aliphatic heterocycles. The van der Waals surface area contributed by atoms with Gasteiger partial charge in [-0.3, -0.25) is 0 Å². The third-order valence-electron chi connectivity index (χ3n) is 1.91. The van der Waals surface area contributed by atoms with Crippen molar-refractivity contribution in [3.05, 3.63) is 23.8 Å². The molecule has 1 heterocycles. The maximum atomic E-state index is 12.7. The van der Waals surface area contributed by atoms with Crippen LogP contribution in [0.3, 0.4) is 0 Å². The molecule has 0 amide bonds. The first-order valence-electron chi connectivity index (χ1n) is 6.06. The van der Waals surface area contributed by atoms with Crippen LogP contribution >= 0.6 is 0 Å². The van der Waals surface area contributed by atoms with Crippen LogP contribution in [0.2, 0.25) is 0 Å². The fourth-order valence-electron chi connectivity index (χ4n) is 1.17. The van der Waals surface area contributed by atoms with Gasteiger partial charge < -0.3 is 9.47 Å². The highest BCUT2D eigenvalue weighted by atomic mass is 19.3. The van der Waals surface area contributed by atoms with Gasteiger partial charge >= 0.3 is 12.2 Å². The van der Waals surface area contributed by atoms with Crippen molar-refractivity contribution >= 4 is 0 Å². The molecule has 6 heteroatoms. The Morgan fingerprint density at radius 3 is 1.68 bits per heavy atom. The molecule has 0 spiro atoms. The van der Waals surface area contributed by atoms with E-state index >= 15 is 0 Å². The first-order valence-corrected chi connectivity index (χ1v) is 6.06. The van der Waals surface area contributed by atoms with Crippen LogP contribution < -0.4 is 9.47 Å². The van der Waals surface area contributed by atoms with E-state index in [9.17, 15) is 17.6 Å². The molecule has 0 fully saturated rings. The minimum atomic E-state index is -4.65. The predicted octanol–water partition coefficient (Wildman–Crippen LogP) is 5.00. The summed E-state index contributed by atoms with van der Waals surface area (Å²) >= 11 is 0. The third kappa shape index (κ3) is 3.75. The molecule has 0 radical (unpaired) electrons. The minimum absolute atomic E-state index is 0.383. The average molecular weight is 282 g/mol. The number of rotatable bonds is 0. The Morgan fingerprint density at radius 2 is 1.21 bits per heavy atom. The zero-order valence-electron chi connectivity index (χ0n) is 11.6. The van der Waals surface area contributed by atoms with Crippen molar-refractivity contribution in [3.63, 3.8) is 0 Å². The van der Waals surface area contributed by atoms with Gasteiger partial charge in [-0.25, -0.2) is 0 Å². The van der Waals surface area contributed by atoms with E-state index < -0.39 is 18.0 Å². The van der Waals surface area contributed by atoms with E-state index in [2.05, 4.69) is 9.47 Å². The Bertz CT molecular complexity index is 406. The smallest absolute Gasteiger partial charge is 0.421 e. The summed E-state index contributed by atoms with van der Waals surface area (Å²) in [7, 11) is 0. The zero-order valence-corrected chi connectivity index (χ0v) is 11.6. The van der Waals surface area contributed by atoms with Crippen molar-refractivity contribution < 1.29 is 27.0 Å². The second-order valence-corrected chi connectivity index (χ2v) is 3.19. The molecule has 0 saturated heterocycles. The second-order valence-electron chi connectivity index (χ2n) is 3.19. The maximum Gasteiger partial charge on any atom is 0.507 e. The molecule has 0 aliphatic carbocycles. The van der Waals surface area contributed by atoms with Gasteiger partial charge in [0.2, 0.25) is 0 Å². The van der Waals surface area contributed by atoms with Crippen molar-refractivity contribution in [2.45, 2.75) is 46.8 Å². The largest absolute Gasteiger partial charge is 0.507 e. The van der Waals surface area contributed by atoms with Crippen molar-refractivity contribution in [1.82, 2.24) is 0 Å². The van der Waals surface area contributed by atoms with Crippen LogP contribution in [0.1, 0.15) is 33.3 Å². The highest BCUT2D eigenvalue weighted by Crippen LogP contribution is 2.46. The van der Waals surface area contributed by atoms with Gasteiger partial charge in [0.15, 0.2) is 11.5 Å². The highest BCUT2D eigenvalue weighted by Gasteiger charge is 2.65. The van der Waals surface area contributed by atoms with E-state index in [-0.39, 0.29) is 5.75 Å². The molecule has 0 unspecified atom stereocenters. The Morgan fingerprint density at radius 1 is 0.789 bits per heavy atom. The van der Waals surface area contributed by atoms with Crippen molar-refractivity contribution in [3.8, 4) is 11.5 Å². The zero-order chi connectivity index (χ0) is 15.3. The van der Waals surface area contributed by atoms with Crippen molar-refractivity contribution in [1.29, 1.82) is 0 Å². The van der Waals surface area contributed by atoms with Crippen LogP contribution in [0.4, 0.5) is 17.6 Å². The second kappa shape index (κ2) is 6.63. The monoisotopic (exact) mass is 282 g/mol. The quantitative estimate of drug-likeness (QED) is 0.623. The molecular weight excluding hydrogens is 264 g/mol. The van der Waals surface area contributed by atoms with Gasteiger partial charge in [0.05, 0.1) is 0 Å². The summed E-state index contributed by atoms with van der Waals surface area (Å²) in [5.74, 6) is -0.776. The summed E-state index contributed by atoms with van der Waals surface area (Å²) in [5, 5.41) is 0. The summed E-state index contributed by atoms with van der Waals surface area (Å²) in [6.45, 7) is 9.62. The van der Waals surface area contributed by atoms with Gasteiger partial charge in [-0.05, 0) is 24.6 Å². The van der Waals surface area contributed by atoms with Crippen LogP contribution in [0, 0.1) is 6.92 Å². The third-order valence-corrected chi connectivity index (χ3v) is 1.91. The number of aryl methyl sites for hydroxylation is 1. The first-order chi connectivity index (χ1) is 8.82. The number of fused-ring (bicyclic) bond motifs is 1. The molecular formula is C13H18F4O2. The van der Waals surface area contributed by atoms with E-state index in [0.29, 0.717) is 5.56 Å². The van der Waals surface area contributed by atoms with Crippen molar-refractivity contribution in [2.75, 3.05) is 0 Å². The molecule has 2 rings (SSSR count). The Hall–Kier alpha value is -1.46. The fourth-order valence-corrected chi connectivity index (χ4v) is 1.17. The van der Waals surface area contributed by atoms with E-state index in [0.717, 1.165) is 6.07 Å². The van der Waals surface area contributed by atoms with Gasteiger partial charge in [0.1, 0.15) is 0 Å². The van der Waals surface area contributed by atoms with E-state index in [1.54, 1.807) is 6.92 Å². The summed E-state index contributed by atoms with van der Waals surface area (Å²) in [5.41, 5.74) is 0.610. The Kier molecular flexibility index (Phi) is 6.12. The summed E-state index contributed by atoms with van der Waals surface area (Å²) in [4.78, 5) is 0. The first kappa shape index (κ1) is 17.5. The van der Waals surface area contributed by atoms with Crippen molar-refractivity contribution in [2.24, 2.45) is 0 Å². The van der Waals surface area contributed by atoms with E-state index in [4.69, 9.17) is 0 Å². The maximum absolute atomic E-state index is 12.7. The summed E-state index contributed by atoms with van der Waals surface area (Å²) in [6.07, 6.45) is -9.29. The number of benzene rings is 1. The molecule has 1 aromatic rings. The molecule has 0 aromatic heterocycles. The minimum Gasteiger partial charge on any atom is -0.421 e. The van der Waals surface area contributed by atoms with E-state index in [1.165, 1.54) is 12.1 Å². The topological polar surface area (TPSA) is 18.5 Å². The molecule has 0 bridgehead atoms. The predicted molar refractivity (Wildman–Crippen MR) is 65.0 cm³/mol. The molecule has 0 saturated carbocycles. The Labute approximate surface area is 110 Å². The van der Waals surface area contributed by atoms with Gasteiger partial charge in [-0.2, -0.15) is 17.6 Å². The molecule has 0 N–H and O–H groups in total. The molecule has 1 aromatic carbocycles. The highest BCUT2D eigenvalue weighted by molar-refractivity contribution is 5.44. The lowest BCUT2D eigenvalue weighted by Crippen LogP contribution is -2.52. The molecule has 19 heavy (non-hydrogen) atoms. The van der Waals surface area contributed by atoms with Crippen LogP contribution in [0.5, 0.6) is 11.5 Å². The normalized spacial score (nSPS) is 17.3. The van der Waals surface area contributed by atoms with Crippen LogP contribution in [-0.4, -0.2) is 12.2 Å². The van der Waals surface area contributed by atoms with Gasteiger partial charge in [-0.1, -0.05) is 33.8 Å². The molecule has 2 nitrogen and oxygen atoms in total. The van der Waals surface area contributed by atoms with Gasteiger partial charge in [-0.15, -0.1) is 0 Å². The molecule has 1 aliphatic rings. The van der Waals surface area contributed by atoms with E-state index in [1.807, 2.05) is 27.7 Å². The SMILES string of the molecule is CC.CC.Cc1ccc2c(c1)OC(F)(F)C(F)(F)O2. The lowest BCUT2D eigenvalue weighted by molar-refractivity contribution is -0.391. The summed E-state index contributed by atoms with van der Waals surface area (Å²) < 4.78 is 58.5. The van der Waals surface area contributed by atoms with Gasteiger partial charge in [0, 0.05) is 0 Å². The number of ether oxygens (including phenoxy) is 2. The van der Waals surface area contributed by atoms with Crippen LogP contribution in [0.25, 0.3) is 0 Å². The molecule has 110 valence electrons. The number of alkyl halides is 4. The number of halogens is 4. The lowest BCUT2D eigenvalue weighted by Gasteiger charge is -2.31. The number of hydrogen-bond donors (Lipinski definition) is 0. The average Bonchev–Trinajstić information content (AvgIpc) is 2.36.